The first-order valence-corrected chi connectivity index (χ1v) is 6.97. The van der Waals surface area contributed by atoms with E-state index in [1.165, 1.54) is 17.7 Å². The van der Waals surface area contributed by atoms with Gasteiger partial charge in [0.2, 0.25) is 0 Å². The summed E-state index contributed by atoms with van der Waals surface area (Å²) in [5, 5.41) is 8.98. The molecule has 0 aliphatic rings. The quantitative estimate of drug-likeness (QED) is 0.718. The highest BCUT2D eigenvalue weighted by Crippen LogP contribution is 2.22. The fourth-order valence-corrected chi connectivity index (χ4v) is 2.64. The van der Waals surface area contributed by atoms with Gasteiger partial charge in [0, 0.05) is 5.75 Å². The van der Waals surface area contributed by atoms with Gasteiger partial charge < -0.3 is 4.74 Å². The first-order chi connectivity index (χ1) is 8.17. The molecule has 0 saturated heterocycles. The molecular weight excluding hydrogens is 230 g/mol. The smallest absolute Gasteiger partial charge is 0.136 e. The molecule has 0 atom stereocenters. The van der Waals surface area contributed by atoms with Crippen molar-refractivity contribution in [3.63, 3.8) is 0 Å². The minimum atomic E-state index is 0.620. The Hall–Kier alpha value is -1.14. The van der Waals surface area contributed by atoms with Crippen LogP contribution in [-0.2, 0) is 5.75 Å². The second-order valence-corrected chi connectivity index (χ2v) is 5.49. The largest absolute Gasteiger partial charge is 0.495 e. The van der Waals surface area contributed by atoms with E-state index in [-0.39, 0.29) is 0 Å². The first-order valence-electron chi connectivity index (χ1n) is 5.82. The van der Waals surface area contributed by atoms with Gasteiger partial charge in [0.05, 0.1) is 12.7 Å². The van der Waals surface area contributed by atoms with Crippen LogP contribution >= 0.6 is 11.8 Å². The van der Waals surface area contributed by atoms with E-state index in [2.05, 4.69) is 19.9 Å². The van der Waals surface area contributed by atoms with E-state index in [9.17, 15) is 0 Å². The molecule has 0 radical (unpaired) electrons. The molecule has 92 valence electrons. The van der Waals surface area contributed by atoms with Crippen LogP contribution in [0.25, 0.3) is 0 Å². The van der Waals surface area contributed by atoms with Gasteiger partial charge in [-0.2, -0.15) is 17.0 Å². The summed E-state index contributed by atoms with van der Waals surface area (Å²) in [5.41, 5.74) is 1.81. The molecule has 1 aromatic rings. The minimum Gasteiger partial charge on any atom is -0.495 e. The van der Waals surface area contributed by atoms with Gasteiger partial charge in [0.25, 0.3) is 0 Å². The number of hydrogen-bond donors (Lipinski definition) is 0. The molecule has 0 heterocycles. The molecular formula is C14H19NOS. The Morgan fingerprint density at radius 3 is 2.76 bits per heavy atom. The fraction of sp³-hybridized carbons (Fsp3) is 0.500. The van der Waals surface area contributed by atoms with Gasteiger partial charge in [-0.3, -0.25) is 0 Å². The van der Waals surface area contributed by atoms with E-state index >= 15 is 0 Å². The van der Waals surface area contributed by atoms with Gasteiger partial charge in [-0.15, -0.1) is 0 Å². The summed E-state index contributed by atoms with van der Waals surface area (Å²) in [7, 11) is 1.59. The van der Waals surface area contributed by atoms with E-state index in [4.69, 9.17) is 10.00 Å². The van der Waals surface area contributed by atoms with Crippen LogP contribution in [0.1, 0.15) is 31.4 Å². The zero-order valence-electron chi connectivity index (χ0n) is 10.7. The molecule has 0 bridgehead atoms. The molecule has 0 aliphatic heterocycles. The number of nitrogens with zero attached hydrogens (tertiary/aromatic N) is 1. The van der Waals surface area contributed by atoms with Gasteiger partial charge >= 0.3 is 0 Å². The maximum Gasteiger partial charge on any atom is 0.136 e. The predicted octanol–water partition coefficient (Wildman–Crippen LogP) is 3.85. The van der Waals surface area contributed by atoms with Crippen molar-refractivity contribution in [3.8, 4) is 11.8 Å². The molecule has 0 fully saturated rings. The zero-order chi connectivity index (χ0) is 12.7. The standard InChI is InChI=1S/C14H19NOS/c1-11(2)6-7-17-10-12-4-5-14(16-3)13(8-12)9-15/h4-5,8,11H,6-7,10H2,1-3H3. The van der Waals surface area contributed by atoms with Crippen molar-refractivity contribution < 1.29 is 4.74 Å². The summed E-state index contributed by atoms with van der Waals surface area (Å²) in [6.45, 7) is 4.48. The van der Waals surface area contributed by atoms with Crippen molar-refractivity contribution in [1.29, 1.82) is 5.26 Å². The lowest BCUT2D eigenvalue weighted by Crippen LogP contribution is -1.92. The van der Waals surface area contributed by atoms with Crippen LogP contribution in [0.3, 0.4) is 0 Å². The van der Waals surface area contributed by atoms with Crippen LogP contribution in [0, 0.1) is 17.2 Å². The number of ether oxygens (including phenoxy) is 1. The Morgan fingerprint density at radius 1 is 1.41 bits per heavy atom. The SMILES string of the molecule is COc1ccc(CSCCC(C)C)cc1C#N. The second kappa shape index (κ2) is 7.24. The lowest BCUT2D eigenvalue weighted by molar-refractivity contribution is 0.413. The van der Waals surface area contributed by atoms with E-state index in [1.807, 2.05) is 30.0 Å². The molecule has 3 heteroatoms. The predicted molar refractivity (Wildman–Crippen MR) is 73.3 cm³/mol. The fourth-order valence-electron chi connectivity index (χ4n) is 1.44. The Morgan fingerprint density at radius 2 is 2.18 bits per heavy atom. The monoisotopic (exact) mass is 249 g/mol. The molecule has 1 rings (SSSR count). The van der Waals surface area contributed by atoms with Gasteiger partial charge in [0.15, 0.2) is 0 Å². The van der Waals surface area contributed by atoms with E-state index in [1.54, 1.807) is 7.11 Å². The van der Waals surface area contributed by atoms with Crippen molar-refractivity contribution in [1.82, 2.24) is 0 Å². The normalized spacial score (nSPS) is 10.3. The Balaban J connectivity index is 2.52. The number of hydrogen-bond acceptors (Lipinski definition) is 3. The maximum atomic E-state index is 8.98. The molecule has 0 amide bonds. The van der Waals surface area contributed by atoms with Crippen LogP contribution in [0.4, 0.5) is 0 Å². The number of nitriles is 1. The molecule has 0 unspecified atom stereocenters. The van der Waals surface area contributed by atoms with Crippen molar-refractivity contribution >= 4 is 11.8 Å². The number of benzene rings is 1. The average molecular weight is 249 g/mol. The van der Waals surface area contributed by atoms with Crippen LogP contribution < -0.4 is 4.74 Å². The highest BCUT2D eigenvalue weighted by atomic mass is 32.2. The summed E-state index contributed by atoms with van der Waals surface area (Å²) in [4.78, 5) is 0. The Kier molecular flexibility index (Phi) is 5.93. The number of thioether (sulfide) groups is 1. The van der Waals surface area contributed by atoms with Crippen LogP contribution in [0.15, 0.2) is 18.2 Å². The van der Waals surface area contributed by atoms with Crippen LogP contribution in [0.5, 0.6) is 5.75 Å². The third-order valence-corrected chi connectivity index (χ3v) is 3.55. The van der Waals surface area contributed by atoms with Crippen molar-refractivity contribution in [2.75, 3.05) is 12.9 Å². The van der Waals surface area contributed by atoms with Gasteiger partial charge in [-0.1, -0.05) is 19.9 Å². The van der Waals surface area contributed by atoms with Crippen molar-refractivity contribution in [3.05, 3.63) is 29.3 Å². The Bertz CT molecular complexity index is 396. The second-order valence-electron chi connectivity index (χ2n) is 4.38. The molecule has 0 N–H and O–H groups in total. The third kappa shape index (κ3) is 4.70. The number of rotatable bonds is 6. The van der Waals surface area contributed by atoms with Gasteiger partial charge in [-0.05, 0) is 35.8 Å². The van der Waals surface area contributed by atoms with Gasteiger partial charge in [0.1, 0.15) is 11.8 Å². The summed E-state index contributed by atoms with van der Waals surface area (Å²) in [6, 6.07) is 7.98. The summed E-state index contributed by atoms with van der Waals surface area (Å²) < 4.78 is 5.12. The molecule has 0 saturated carbocycles. The lowest BCUT2D eigenvalue weighted by Gasteiger charge is -2.07. The third-order valence-electron chi connectivity index (χ3n) is 2.49. The van der Waals surface area contributed by atoms with Crippen LogP contribution in [0.2, 0.25) is 0 Å². The number of methoxy groups -OCH3 is 1. The highest BCUT2D eigenvalue weighted by molar-refractivity contribution is 7.98. The molecule has 0 aromatic heterocycles. The highest BCUT2D eigenvalue weighted by Gasteiger charge is 2.03. The van der Waals surface area contributed by atoms with Gasteiger partial charge in [-0.25, -0.2) is 0 Å². The molecule has 17 heavy (non-hydrogen) atoms. The van der Waals surface area contributed by atoms with Crippen molar-refractivity contribution in [2.24, 2.45) is 5.92 Å². The average Bonchev–Trinajstić information content (AvgIpc) is 2.34. The van der Waals surface area contributed by atoms with E-state index in [0.29, 0.717) is 11.3 Å². The topological polar surface area (TPSA) is 33.0 Å². The molecule has 0 aliphatic carbocycles. The van der Waals surface area contributed by atoms with E-state index < -0.39 is 0 Å². The molecule has 1 aromatic carbocycles. The first kappa shape index (κ1) is 13.9. The zero-order valence-corrected chi connectivity index (χ0v) is 11.5. The summed E-state index contributed by atoms with van der Waals surface area (Å²) >= 11 is 1.92. The van der Waals surface area contributed by atoms with E-state index in [0.717, 1.165) is 11.7 Å². The summed E-state index contributed by atoms with van der Waals surface area (Å²) in [5.74, 6) is 3.55. The minimum absolute atomic E-state index is 0.620. The van der Waals surface area contributed by atoms with Crippen LogP contribution in [-0.4, -0.2) is 12.9 Å². The lowest BCUT2D eigenvalue weighted by atomic mass is 10.1. The Labute approximate surface area is 108 Å². The maximum absolute atomic E-state index is 8.98. The van der Waals surface area contributed by atoms with Crippen molar-refractivity contribution in [2.45, 2.75) is 26.0 Å². The summed E-state index contributed by atoms with van der Waals surface area (Å²) in [6.07, 6.45) is 1.24. The molecule has 0 spiro atoms. The molecule has 2 nitrogen and oxygen atoms in total.